The van der Waals surface area contributed by atoms with Gasteiger partial charge in [-0.25, -0.2) is 4.79 Å². The smallest absolute Gasteiger partial charge is 0.410 e. The topological polar surface area (TPSA) is 41.6 Å². The lowest BCUT2D eigenvalue weighted by molar-refractivity contribution is 0.0172. The summed E-state index contributed by atoms with van der Waals surface area (Å²) in [4.78, 5) is 14.0. The number of rotatable bonds is 3. The van der Waals surface area contributed by atoms with Gasteiger partial charge in [0.05, 0.1) is 0 Å². The monoisotopic (exact) mass is 382 g/mol. The maximum Gasteiger partial charge on any atom is 0.410 e. The van der Waals surface area contributed by atoms with Gasteiger partial charge in [-0.05, 0) is 70.2 Å². The molecule has 0 bridgehead atoms. The molecule has 5 heteroatoms. The van der Waals surface area contributed by atoms with E-state index in [9.17, 15) is 4.79 Å². The molecule has 23 heavy (non-hydrogen) atoms. The van der Waals surface area contributed by atoms with E-state index in [0.717, 1.165) is 42.6 Å². The molecule has 1 amide bonds. The van der Waals surface area contributed by atoms with Crippen LogP contribution in [0.1, 0.15) is 39.2 Å². The zero-order chi connectivity index (χ0) is 17.0. The molecule has 0 saturated carbocycles. The van der Waals surface area contributed by atoms with Crippen LogP contribution in [0.2, 0.25) is 0 Å². The van der Waals surface area contributed by atoms with E-state index in [4.69, 9.17) is 4.74 Å². The van der Waals surface area contributed by atoms with Gasteiger partial charge in [0.2, 0.25) is 0 Å². The lowest BCUT2D eigenvalue weighted by Gasteiger charge is -2.34. The number of hydrogen-bond donors (Lipinski definition) is 1. The van der Waals surface area contributed by atoms with Gasteiger partial charge in [-0.1, -0.05) is 15.9 Å². The Labute approximate surface area is 147 Å². The average molecular weight is 383 g/mol. The number of likely N-dealkylation sites (tertiary alicyclic amines) is 1. The van der Waals surface area contributed by atoms with Gasteiger partial charge in [0.1, 0.15) is 5.60 Å². The predicted molar refractivity (Wildman–Crippen MR) is 97.9 cm³/mol. The standard InChI is InChI=1S/C18H27BrN2O2/c1-13-10-15(19)7-8-16(13)20-11-14-6-5-9-21(12-14)17(22)23-18(2,3)4/h7-8,10,14,20H,5-6,9,11-12H2,1-4H3. The number of piperidine rings is 1. The summed E-state index contributed by atoms with van der Waals surface area (Å²) in [6.45, 7) is 10.3. The van der Waals surface area contributed by atoms with Gasteiger partial charge < -0.3 is 15.0 Å². The first-order valence-corrected chi connectivity index (χ1v) is 9.02. The largest absolute Gasteiger partial charge is 0.444 e. The Hall–Kier alpha value is -1.23. The molecule has 0 spiro atoms. The molecule has 0 aromatic heterocycles. The van der Waals surface area contributed by atoms with E-state index in [1.54, 1.807) is 0 Å². The van der Waals surface area contributed by atoms with Crippen molar-refractivity contribution in [3.63, 3.8) is 0 Å². The Morgan fingerprint density at radius 2 is 2.17 bits per heavy atom. The highest BCUT2D eigenvalue weighted by Gasteiger charge is 2.27. The number of carbonyl (C=O) groups is 1. The molecule has 128 valence electrons. The quantitative estimate of drug-likeness (QED) is 0.814. The van der Waals surface area contributed by atoms with Crippen LogP contribution in [0.4, 0.5) is 10.5 Å². The van der Waals surface area contributed by atoms with Crippen LogP contribution in [0.25, 0.3) is 0 Å². The molecular formula is C18H27BrN2O2. The van der Waals surface area contributed by atoms with Gasteiger partial charge in [-0.3, -0.25) is 0 Å². The normalized spacial score (nSPS) is 18.7. The Kier molecular flexibility index (Phi) is 5.95. The number of halogens is 1. The number of nitrogens with zero attached hydrogens (tertiary/aromatic N) is 1. The third kappa shape index (κ3) is 5.72. The van der Waals surface area contributed by atoms with Crippen molar-refractivity contribution in [2.75, 3.05) is 25.0 Å². The molecule has 1 saturated heterocycles. The number of aryl methyl sites for hydroxylation is 1. The summed E-state index contributed by atoms with van der Waals surface area (Å²) < 4.78 is 6.57. The van der Waals surface area contributed by atoms with Crippen molar-refractivity contribution in [3.8, 4) is 0 Å². The van der Waals surface area contributed by atoms with Crippen LogP contribution in [0.15, 0.2) is 22.7 Å². The summed E-state index contributed by atoms with van der Waals surface area (Å²) in [5, 5.41) is 3.52. The molecule has 1 aromatic carbocycles. The fourth-order valence-corrected chi connectivity index (χ4v) is 3.28. The molecule has 1 aromatic rings. The second kappa shape index (κ2) is 7.56. The maximum atomic E-state index is 12.2. The maximum absolute atomic E-state index is 12.2. The number of ether oxygens (including phenoxy) is 1. The number of benzene rings is 1. The minimum Gasteiger partial charge on any atom is -0.444 e. The van der Waals surface area contributed by atoms with Crippen LogP contribution in [0.5, 0.6) is 0 Å². The summed E-state index contributed by atoms with van der Waals surface area (Å²) in [7, 11) is 0. The zero-order valence-corrected chi connectivity index (χ0v) is 16.1. The van der Waals surface area contributed by atoms with Crippen LogP contribution in [0.3, 0.4) is 0 Å². The molecule has 1 atom stereocenters. The van der Waals surface area contributed by atoms with E-state index in [1.807, 2.05) is 31.7 Å². The first-order valence-electron chi connectivity index (χ1n) is 8.22. The van der Waals surface area contributed by atoms with Crippen molar-refractivity contribution < 1.29 is 9.53 Å². The second-order valence-corrected chi connectivity index (χ2v) is 8.19. The van der Waals surface area contributed by atoms with Crippen molar-refractivity contribution in [1.29, 1.82) is 0 Å². The van der Waals surface area contributed by atoms with Gasteiger partial charge in [-0.2, -0.15) is 0 Å². The summed E-state index contributed by atoms with van der Waals surface area (Å²) in [5.41, 5.74) is 1.94. The van der Waals surface area contributed by atoms with Gasteiger partial charge in [0.15, 0.2) is 0 Å². The Morgan fingerprint density at radius 3 is 2.83 bits per heavy atom. The first-order chi connectivity index (χ1) is 10.7. The van der Waals surface area contributed by atoms with Crippen LogP contribution < -0.4 is 5.32 Å². The van der Waals surface area contributed by atoms with Crippen LogP contribution in [-0.2, 0) is 4.74 Å². The number of anilines is 1. The van der Waals surface area contributed by atoms with Crippen molar-refractivity contribution >= 4 is 27.7 Å². The van der Waals surface area contributed by atoms with E-state index >= 15 is 0 Å². The molecule has 0 radical (unpaired) electrons. The van der Waals surface area contributed by atoms with Crippen LogP contribution in [0, 0.1) is 12.8 Å². The fraction of sp³-hybridized carbons (Fsp3) is 0.611. The molecule has 1 heterocycles. The van der Waals surface area contributed by atoms with E-state index in [-0.39, 0.29) is 6.09 Å². The van der Waals surface area contributed by atoms with Crippen molar-refractivity contribution in [1.82, 2.24) is 4.90 Å². The predicted octanol–water partition coefficient (Wildman–Crippen LogP) is 4.82. The summed E-state index contributed by atoms with van der Waals surface area (Å²) in [6.07, 6.45) is 1.98. The van der Waals surface area contributed by atoms with Gasteiger partial charge >= 0.3 is 6.09 Å². The number of carbonyl (C=O) groups excluding carboxylic acids is 1. The van der Waals surface area contributed by atoms with Crippen molar-refractivity contribution in [2.45, 2.75) is 46.1 Å². The highest BCUT2D eigenvalue weighted by molar-refractivity contribution is 9.10. The number of hydrogen-bond acceptors (Lipinski definition) is 3. The van der Waals surface area contributed by atoms with Gasteiger partial charge in [0, 0.05) is 29.8 Å². The van der Waals surface area contributed by atoms with E-state index in [1.165, 1.54) is 5.56 Å². The first kappa shape index (κ1) is 18.1. The summed E-state index contributed by atoms with van der Waals surface area (Å²) in [6, 6.07) is 6.24. The minimum absolute atomic E-state index is 0.193. The van der Waals surface area contributed by atoms with E-state index in [0.29, 0.717) is 5.92 Å². The highest BCUT2D eigenvalue weighted by atomic mass is 79.9. The van der Waals surface area contributed by atoms with Crippen molar-refractivity contribution in [3.05, 3.63) is 28.2 Å². The van der Waals surface area contributed by atoms with E-state index in [2.05, 4.69) is 40.3 Å². The lowest BCUT2D eigenvalue weighted by atomic mass is 9.98. The van der Waals surface area contributed by atoms with Crippen molar-refractivity contribution in [2.24, 2.45) is 5.92 Å². The Morgan fingerprint density at radius 1 is 1.43 bits per heavy atom. The number of nitrogens with one attached hydrogen (secondary N) is 1. The highest BCUT2D eigenvalue weighted by Crippen LogP contribution is 2.23. The van der Waals surface area contributed by atoms with Crippen LogP contribution in [-0.4, -0.2) is 36.2 Å². The molecule has 1 aliphatic rings. The molecule has 1 aliphatic heterocycles. The zero-order valence-electron chi connectivity index (χ0n) is 14.5. The molecule has 1 unspecified atom stereocenters. The molecule has 0 aliphatic carbocycles. The Bertz CT molecular complexity index is 554. The molecule has 1 fully saturated rings. The summed E-state index contributed by atoms with van der Waals surface area (Å²) in [5.74, 6) is 0.458. The lowest BCUT2D eigenvalue weighted by Crippen LogP contribution is -2.44. The minimum atomic E-state index is -0.434. The summed E-state index contributed by atoms with van der Waals surface area (Å²) >= 11 is 3.49. The molecule has 2 rings (SSSR count). The SMILES string of the molecule is Cc1cc(Br)ccc1NCC1CCCN(C(=O)OC(C)(C)C)C1. The van der Waals surface area contributed by atoms with Gasteiger partial charge in [-0.15, -0.1) is 0 Å². The van der Waals surface area contributed by atoms with E-state index < -0.39 is 5.60 Å². The average Bonchev–Trinajstić information content (AvgIpc) is 2.45. The van der Waals surface area contributed by atoms with Crippen LogP contribution >= 0.6 is 15.9 Å². The number of amides is 1. The Balaban J connectivity index is 1.87. The molecule has 1 N–H and O–H groups in total. The molecular weight excluding hydrogens is 356 g/mol. The second-order valence-electron chi connectivity index (χ2n) is 7.27. The molecule has 4 nitrogen and oxygen atoms in total. The van der Waals surface area contributed by atoms with Gasteiger partial charge in [0.25, 0.3) is 0 Å². The fourth-order valence-electron chi connectivity index (χ4n) is 2.80. The third-order valence-electron chi connectivity index (χ3n) is 3.94. The third-order valence-corrected chi connectivity index (χ3v) is 4.43.